The topological polar surface area (TPSA) is 9.23 Å². The zero-order chi connectivity index (χ0) is 21.6. The molecule has 0 aliphatic rings. The number of rotatable bonds is 7. The normalized spacial score (nSPS) is 12.8. The van der Waals surface area contributed by atoms with Gasteiger partial charge < -0.3 is 4.74 Å². The van der Waals surface area contributed by atoms with Crippen molar-refractivity contribution in [3.8, 4) is 5.75 Å². The summed E-state index contributed by atoms with van der Waals surface area (Å²) in [6.45, 7) is 2.28. The van der Waals surface area contributed by atoms with E-state index < -0.39 is 17.9 Å². The largest absolute Gasteiger partial charge is 0.494 e. The van der Waals surface area contributed by atoms with Gasteiger partial charge >= 0.3 is 6.18 Å². The van der Waals surface area contributed by atoms with Crippen molar-refractivity contribution in [1.82, 2.24) is 0 Å². The zero-order valence-corrected chi connectivity index (χ0v) is 16.5. The third kappa shape index (κ3) is 5.72. The average molecular weight is 414 g/mol. The molecule has 0 fully saturated rings. The van der Waals surface area contributed by atoms with Crippen molar-refractivity contribution < 1.29 is 22.3 Å². The summed E-state index contributed by atoms with van der Waals surface area (Å²) in [6, 6.07) is 19.4. The Hall–Kier alpha value is -3.08. The van der Waals surface area contributed by atoms with Crippen LogP contribution in [-0.2, 0) is 6.42 Å². The lowest BCUT2D eigenvalue weighted by Crippen LogP contribution is -2.22. The van der Waals surface area contributed by atoms with Gasteiger partial charge in [0.05, 0.1) is 12.5 Å². The van der Waals surface area contributed by atoms with E-state index in [1.165, 1.54) is 18.2 Å². The Bertz CT molecular complexity index is 976. The monoisotopic (exact) mass is 414 g/mol. The van der Waals surface area contributed by atoms with Crippen LogP contribution in [0.4, 0.5) is 17.6 Å². The zero-order valence-electron chi connectivity index (χ0n) is 16.5. The third-order valence-corrected chi connectivity index (χ3v) is 4.75. The summed E-state index contributed by atoms with van der Waals surface area (Å²) in [6.07, 6.45) is -1.11. The lowest BCUT2D eigenvalue weighted by Gasteiger charge is -2.21. The van der Waals surface area contributed by atoms with Crippen LogP contribution < -0.4 is 4.74 Å². The highest BCUT2D eigenvalue weighted by molar-refractivity contribution is 5.70. The quantitative estimate of drug-likeness (QED) is 0.291. The first-order valence-electron chi connectivity index (χ1n) is 9.68. The molecule has 3 aromatic carbocycles. The predicted molar refractivity (Wildman–Crippen MR) is 112 cm³/mol. The minimum absolute atomic E-state index is 0.134. The number of hydrogen-bond acceptors (Lipinski definition) is 1. The van der Waals surface area contributed by atoms with E-state index in [-0.39, 0.29) is 12.0 Å². The molecule has 0 aliphatic heterocycles. The Kier molecular flexibility index (Phi) is 6.93. The minimum atomic E-state index is -4.33. The molecule has 0 amide bonds. The summed E-state index contributed by atoms with van der Waals surface area (Å²) < 4.78 is 60.0. The number of alkyl halides is 3. The summed E-state index contributed by atoms with van der Waals surface area (Å²) in [7, 11) is 0. The van der Waals surface area contributed by atoms with Crippen molar-refractivity contribution in [2.75, 3.05) is 6.61 Å². The lowest BCUT2D eigenvalue weighted by atomic mass is 9.91. The molecule has 3 aromatic rings. The molecule has 0 heterocycles. The van der Waals surface area contributed by atoms with Crippen LogP contribution in [0, 0.1) is 5.82 Å². The molecular formula is C25H22F4O. The average Bonchev–Trinajstić information content (AvgIpc) is 2.72. The van der Waals surface area contributed by atoms with Crippen LogP contribution in [0.15, 0.2) is 72.8 Å². The van der Waals surface area contributed by atoms with Crippen molar-refractivity contribution in [3.05, 3.63) is 101 Å². The maximum atomic E-state index is 14.1. The van der Waals surface area contributed by atoms with Gasteiger partial charge in [-0.05, 0) is 42.2 Å². The van der Waals surface area contributed by atoms with Gasteiger partial charge in [0.15, 0.2) is 0 Å². The fourth-order valence-corrected chi connectivity index (χ4v) is 3.19. The summed E-state index contributed by atoms with van der Waals surface area (Å²) in [5.41, 5.74) is 2.02. The lowest BCUT2D eigenvalue weighted by molar-refractivity contribution is -0.150. The molecule has 156 valence electrons. The van der Waals surface area contributed by atoms with Crippen molar-refractivity contribution >= 4 is 12.2 Å². The first-order valence-corrected chi connectivity index (χ1v) is 9.68. The van der Waals surface area contributed by atoms with Gasteiger partial charge in [-0.25, -0.2) is 4.39 Å². The minimum Gasteiger partial charge on any atom is -0.494 e. The van der Waals surface area contributed by atoms with E-state index in [1.54, 1.807) is 66.7 Å². The molecule has 1 atom stereocenters. The Morgan fingerprint density at radius 2 is 1.60 bits per heavy atom. The molecule has 0 aromatic heterocycles. The molecule has 0 bridgehead atoms. The Morgan fingerprint density at radius 1 is 0.900 bits per heavy atom. The van der Waals surface area contributed by atoms with Gasteiger partial charge in [0.1, 0.15) is 11.6 Å². The van der Waals surface area contributed by atoms with E-state index >= 15 is 0 Å². The van der Waals surface area contributed by atoms with Crippen molar-refractivity contribution in [2.45, 2.75) is 25.4 Å². The van der Waals surface area contributed by atoms with Gasteiger partial charge in [-0.1, -0.05) is 66.7 Å². The molecule has 1 nitrogen and oxygen atoms in total. The third-order valence-electron chi connectivity index (χ3n) is 4.75. The fraction of sp³-hybridized carbons (Fsp3) is 0.200. The summed E-state index contributed by atoms with van der Waals surface area (Å²) in [4.78, 5) is 0. The van der Waals surface area contributed by atoms with Crippen LogP contribution in [0.3, 0.4) is 0 Å². The van der Waals surface area contributed by atoms with Crippen LogP contribution in [0.5, 0.6) is 5.75 Å². The van der Waals surface area contributed by atoms with Gasteiger partial charge in [-0.2, -0.15) is 13.2 Å². The van der Waals surface area contributed by atoms with Crippen LogP contribution in [0.1, 0.15) is 35.1 Å². The van der Waals surface area contributed by atoms with E-state index in [0.717, 1.165) is 5.56 Å². The van der Waals surface area contributed by atoms with E-state index in [4.69, 9.17) is 4.74 Å². The van der Waals surface area contributed by atoms with Crippen LogP contribution in [0.2, 0.25) is 0 Å². The molecule has 0 spiro atoms. The molecule has 5 heteroatoms. The molecule has 0 saturated carbocycles. The molecular weight excluding hydrogens is 392 g/mol. The van der Waals surface area contributed by atoms with Crippen LogP contribution >= 0.6 is 0 Å². The maximum absolute atomic E-state index is 14.1. The van der Waals surface area contributed by atoms with E-state index in [9.17, 15) is 17.6 Å². The molecule has 0 aliphatic carbocycles. The van der Waals surface area contributed by atoms with E-state index in [1.807, 2.05) is 6.92 Å². The number of hydrogen-bond donors (Lipinski definition) is 0. The summed E-state index contributed by atoms with van der Waals surface area (Å²) in [5.74, 6) is -1.49. The van der Waals surface area contributed by atoms with E-state index in [0.29, 0.717) is 23.5 Å². The Balaban J connectivity index is 1.72. The van der Waals surface area contributed by atoms with Gasteiger partial charge in [0, 0.05) is 11.6 Å². The number of halogens is 4. The number of ether oxygens (including phenoxy) is 1. The highest BCUT2D eigenvalue weighted by atomic mass is 19.4. The second-order valence-corrected chi connectivity index (χ2v) is 6.90. The van der Waals surface area contributed by atoms with Gasteiger partial charge in [-0.3, -0.25) is 0 Å². The second kappa shape index (κ2) is 9.61. The second-order valence-electron chi connectivity index (χ2n) is 6.90. The summed E-state index contributed by atoms with van der Waals surface area (Å²) in [5, 5.41) is 0. The van der Waals surface area contributed by atoms with Gasteiger partial charge in [0.2, 0.25) is 0 Å². The van der Waals surface area contributed by atoms with Crippen molar-refractivity contribution in [3.63, 3.8) is 0 Å². The first-order chi connectivity index (χ1) is 14.4. The standard InChI is InChI=1S/C25H22F4O/c1-2-30-22-15-14-21(24(26)17-22)13-12-18-8-10-19(11-9-18)16-23(25(27,28)29)20-6-4-3-5-7-20/h3-15,17,23H,2,16H2,1H3/b13-12+. The Labute approximate surface area is 173 Å². The first kappa shape index (κ1) is 21.6. The molecule has 0 saturated heterocycles. The molecule has 30 heavy (non-hydrogen) atoms. The molecule has 0 N–H and O–H groups in total. The smallest absolute Gasteiger partial charge is 0.396 e. The molecule has 0 radical (unpaired) electrons. The summed E-state index contributed by atoms with van der Waals surface area (Å²) >= 11 is 0. The predicted octanol–water partition coefficient (Wildman–Crippen LogP) is 7.28. The Morgan fingerprint density at radius 3 is 2.20 bits per heavy atom. The van der Waals surface area contributed by atoms with Crippen LogP contribution in [0.25, 0.3) is 12.2 Å². The fourth-order valence-electron chi connectivity index (χ4n) is 3.19. The van der Waals surface area contributed by atoms with Crippen molar-refractivity contribution in [2.24, 2.45) is 0 Å². The highest BCUT2D eigenvalue weighted by Gasteiger charge is 2.40. The van der Waals surface area contributed by atoms with E-state index in [2.05, 4.69) is 0 Å². The SMILES string of the molecule is CCOc1ccc(/C=C/c2ccc(CC(c3ccccc3)C(F)(F)F)cc2)c(F)c1. The van der Waals surface area contributed by atoms with Crippen LogP contribution in [-0.4, -0.2) is 12.8 Å². The maximum Gasteiger partial charge on any atom is 0.396 e. The van der Waals surface area contributed by atoms with Gasteiger partial charge in [-0.15, -0.1) is 0 Å². The highest BCUT2D eigenvalue weighted by Crippen LogP contribution is 2.37. The van der Waals surface area contributed by atoms with Crippen molar-refractivity contribution in [1.29, 1.82) is 0 Å². The molecule has 3 rings (SSSR count). The van der Waals surface area contributed by atoms with Gasteiger partial charge in [0.25, 0.3) is 0 Å². The number of benzene rings is 3. The molecule has 1 unspecified atom stereocenters.